The summed E-state index contributed by atoms with van der Waals surface area (Å²) in [6.07, 6.45) is 58.1. The number of aliphatic hydroxyl groups excluding tert-OH is 1. The van der Waals surface area contributed by atoms with E-state index in [1.165, 1.54) is 154 Å². The number of esters is 2. The molecule has 0 rings (SSSR count). The number of unbranched alkanes of at least 4 members (excludes halogenated alkanes) is 30. The van der Waals surface area contributed by atoms with Gasteiger partial charge < -0.3 is 14.6 Å². The molecule has 0 saturated carbocycles. The van der Waals surface area contributed by atoms with Crippen molar-refractivity contribution in [2.24, 2.45) is 0 Å². The molecule has 5 nitrogen and oxygen atoms in total. The molecule has 1 atom stereocenters. The Labute approximate surface area is 342 Å². The second-order valence-corrected chi connectivity index (χ2v) is 16.2. The summed E-state index contributed by atoms with van der Waals surface area (Å²) < 4.78 is 10.6. The Kier molecular flexibility index (Phi) is 44.9. The SMILES string of the molecule is CC/C=C\C/C=C\C/C=C\CCCCCCCC(=O)OC(CO)COC(=O)CCCCCCCCCCCCCCCCCCCCCCCCCCCC. The standard InChI is InChI=1S/C50H92O5/c1-3-5-7-9-11-13-15-17-19-20-21-22-23-24-25-26-27-28-29-31-32-34-36-38-40-42-44-49(52)54-47-48(46-51)55-50(53)45-43-41-39-37-35-33-30-18-16-14-12-10-8-6-4-2/h6,8,12,14,18,30,48,51H,3-5,7,9-11,13,15-17,19-29,31-47H2,1-2H3/b8-6-,14-12-,30-18-. The van der Waals surface area contributed by atoms with Crippen molar-refractivity contribution < 1.29 is 24.2 Å². The first-order chi connectivity index (χ1) is 27.1. The van der Waals surface area contributed by atoms with Crippen molar-refractivity contribution in [2.75, 3.05) is 13.2 Å². The highest BCUT2D eigenvalue weighted by molar-refractivity contribution is 5.70. The van der Waals surface area contributed by atoms with E-state index in [1.807, 2.05) is 0 Å². The van der Waals surface area contributed by atoms with Crippen molar-refractivity contribution in [2.45, 2.75) is 258 Å². The van der Waals surface area contributed by atoms with Gasteiger partial charge in [-0.3, -0.25) is 9.59 Å². The van der Waals surface area contributed by atoms with Crippen LogP contribution < -0.4 is 0 Å². The lowest BCUT2D eigenvalue weighted by molar-refractivity contribution is -0.161. The van der Waals surface area contributed by atoms with Crippen LogP contribution in [0.15, 0.2) is 36.5 Å². The molecule has 0 radical (unpaired) electrons. The van der Waals surface area contributed by atoms with Crippen LogP contribution in [0, 0.1) is 0 Å². The van der Waals surface area contributed by atoms with E-state index in [-0.39, 0.29) is 25.2 Å². The Morgan fingerprint density at radius 3 is 1.18 bits per heavy atom. The third-order valence-electron chi connectivity index (χ3n) is 10.7. The number of carbonyl (C=O) groups is 2. The fourth-order valence-corrected chi connectivity index (χ4v) is 7.10. The van der Waals surface area contributed by atoms with Crippen LogP contribution in [0.25, 0.3) is 0 Å². The zero-order chi connectivity index (χ0) is 40.0. The lowest BCUT2D eigenvalue weighted by Gasteiger charge is -2.15. The Hall–Kier alpha value is -1.88. The number of rotatable bonds is 44. The first-order valence-corrected chi connectivity index (χ1v) is 24.0. The van der Waals surface area contributed by atoms with Gasteiger partial charge in [-0.1, -0.05) is 230 Å². The molecule has 0 aliphatic carbocycles. The van der Waals surface area contributed by atoms with Crippen LogP contribution in [0.1, 0.15) is 251 Å². The maximum Gasteiger partial charge on any atom is 0.306 e. The highest BCUT2D eigenvalue weighted by Crippen LogP contribution is 2.16. The van der Waals surface area contributed by atoms with Gasteiger partial charge in [0.25, 0.3) is 0 Å². The van der Waals surface area contributed by atoms with Crippen molar-refractivity contribution in [1.29, 1.82) is 0 Å². The Balaban J connectivity index is 3.45. The summed E-state index contributed by atoms with van der Waals surface area (Å²) in [5, 5.41) is 9.59. The third kappa shape index (κ3) is 44.7. The molecule has 0 spiro atoms. The molecule has 1 unspecified atom stereocenters. The van der Waals surface area contributed by atoms with Gasteiger partial charge in [0.1, 0.15) is 6.61 Å². The van der Waals surface area contributed by atoms with Crippen molar-refractivity contribution in [3.63, 3.8) is 0 Å². The van der Waals surface area contributed by atoms with E-state index in [9.17, 15) is 14.7 Å². The van der Waals surface area contributed by atoms with E-state index >= 15 is 0 Å². The van der Waals surface area contributed by atoms with Crippen LogP contribution in [0.4, 0.5) is 0 Å². The predicted molar refractivity (Wildman–Crippen MR) is 238 cm³/mol. The minimum Gasteiger partial charge on any atom is -0.462 e. The molecule has 0 heterocycles. The Bertz CT molecular complexity index is 877. The summed E-state index contributed by atoms with van der Waals surface area (Å²) in [4.78, 5) is 24.4. The van der Waals surface area contributed by atoms with E-state index in [2.05, 4.69) is 50.3 Å². The molecule has 0 aromatic heterocycles. The lowest BCUT2D eigenvalue weighted by atomic mass is 10.0. The van der Waals surface area contributed by atoms with Crippen LogP contribution in [0.2, 0.25) is 0 Å². The van der Waals surface area contributed by atoms with E-state index in [0.717, 1.165) is 70.6 Å². The maximum absolute atomic E-state index is 12.2. The molecule has 55 heavy (non-hydrogen) atoms. The summed E-state index contributed by atoms with van der Waals surface area (Å²) in [6, 6.07) is 0. The average Bonchev–Trinajstić information content (AvgIpc) is 3.19. The topological polar surface area (TPSA) is 72.8 Å². The zero-order valence-electron chi connectivity index (χ0n) is 36.7. The Morgan fingerprint density at radius 2 is 0.782 bits per heavy atom. The highest BCUT2D eigenvalue weighted by Gasteiger charge is 2.16. The van der Waals surface area contributed by atoms with Gasteiger partial charge in [-0.25, -0.2) is 0 Å². The quantitative estimate of drug-likeness (QED) is 0.0379. The normalized spacial score (nSPS) is 12.4. The van der Waals surface area contributed by atoms with Crippen LogP contribution in [-0.4, -0.2) is 36.4 Å². The second kappa shape index (κ2) is 46.5. The van der Waals surface area contributed by atoms with Gasteiger partial charge in [0, 0.05) is 12.8 Å². The minimum atomic E-state index is -0.778. The second-order valence-electron chi connectivity index (χ2n) is 16.2. The van der Waals surface area contributed by atoms with Crippen molar-refractivity contribution in [3.05, 3.63) is 36.5 Å². The smallest absolute Gasteiger partial charge is 0.306 e. The molecule has 0 bridgehead atoms. The van der Waals surface area contributed by atoms with Gasteiger partial charge in [-0.15, -0.1) is 0 Å². The maximum atomic E-state index is 12.2. The summed E-state index contributed by atoms with van der Waals surface area (Å²) in [6.45, 7) is 4.04. The number of hydrogen-bond acceptors (Lipinski definition) is 5. The zero-order valence-corrected chi connectivity index (χ0v) is 36.7. The van der Waals surface area contributed by atoms with Crippen molar-refractivity contribution >= 4 is 11.9 Å². The van der Waals surface area contributed by atoms with E-state index in [1.54, 1.807) is 0 Å². The number of allylic oxidation sites excluding steroid dienone is 6. The predicted octanol–water partition coefficient (Wildman–Crippen LogP) is 15.6. The van der Waals surface area contributed by atoms with Gasteiger partial charge in [-0.05, 0) is 44.9 Å². The molecule has 0 fully saturated rings. The average molecular weight is 773 g/mol. The molecule has 0 aromatic carbocycles. The molecule has 5 heteroatoms. The lowest BCUT2D eigenvalue weighted by Crippen LogP contribution is -2.28. The van der Waals surface area contributed by atoms with Crippen LogP contribution >= 0.6 is 0 Å². The minimum absolute atomic E-state index is 0.0697. The molecule has 0 saturated heterocycles. The van der Waals surface area contributed by atoms with Crippen molar-refractivity contribution in [3.8, 4) is 0 Å². The number of aliphatic hydroxyl groups is 1. The fourth-order valence-electron chi connectivity index (χ4n) is 7.10. The number of hydrogen-bond donors (Lipinski definition) is 1. The molecule has 0 aromatic rings. The number of ether oxygens (including phenoxy) is 2. The highest BCUT2D eigenvalue weighted by atomic mass is 16.6. The van der Waals surface area contributed by atoms with E-state index in [0.29, 0.717) is 12.8 Å². The molecule has 322 valence electrons. The van der Waals surface area contributed by atoms with E-state index in [4.69, 9.17) is 9.47 Å². The van der Waals surface area contributed by atoms with Crippen molar-refractivity contribution in [1.82, 2.24) is 0 Å². The van der Waals surface area contributed by atoms with Gasteiger partial charge in [0.15, 0.2) is 6.10 Å². The number of carbonyl (C=O) groups excluding carboxylic acids is 2. The first kappa shape index (κ1) is 53.1. The summed E-state index contributed by atoms with van der Waals surface area (Å²) in [5.74, 6) is -0.600. The van der Waals surface area contributed by atoms with E-state index < -0.39 is 6.10 Å². The first-order valence-electron chi connectivity index (χ1n) is 24.0. The molecular formula is C50H92O5. The van der Waals surface area contributed by atoms with Gasteiger partial charge in [0.05, 0.1) is 6.61 Å². The monoisotopic (exact) mass is 773 g/mol. The largest absolute Gasteiger partial charge is 0.462 e. The molecule has 0 aliphatic heterocycles. The molecule has 0 amide bonds. The van der Waals surface area contributed by atoms with Crippen LogP contribution in [0.5, 0.6) is 0 Å². The fraction of sp³-hybridized carbons (Fsp3) is 0.840. The summed E-state index contributed by atoms with van der Waals surface area (Å²) in [7, 11) is 0. The van der Waals surface area contributed by atoms with Gasteiger partial charge in [-0.2, -0.15) is 0 Å². The summed E-state index contributed by atoms with van der Waals surface area (Å²) >= 11 is 0. The Morgan fingerprint density at radius 1 is 0.436 bits per heavy atom. The molecule has 1 N–H and O–H groups in total. The van der Waals surface area contributed by atoms with Gasteiger partial charge in [0.2, 0.25) is 0 Å². The molecule has 0 aliphatic rings. The molecular weight excluding hydrogens is 681 g/mol. The van der Waals surface area contributed by atoms with Crippen LogP contribution in [-0.2, 0) is 19.1 Å². The van der Waals surface area contributed by atoms with Crippen LogP contribution in [0.3, 0.4) is 0 Å². The third-order valence-corrected chi connectivity index (χ3v) is 10.7. The summed E-state index contributed by atoms with van der Waals surface area (Å²) in [5.41, 5.74) is 0. The van der Waals surface area contributed by atoms with Gasteiger partial charge >= 0.3 is 11.9 Å².